The Morgan fingerprint density at radius 3 is 2.33 bits per heavy atom. The first kappa shape index (κ1) is 49.5. The third-order valence-corrected chi connectivity index (χ3v) is 15.2. The van der Waals surface area contributed by atoms with Gasteiger partial charge in [0.25, 0.3) is 0 Å². The first-order valence-corrected chi connectivity index (χ1v) is 24.0. The average Bonchev–Trinajstić information content (AvgIpc) is 3.27. The first-order valence-electron chi connectivity index (χ1n) is 24.0. The minimum Gasteiger partial charge on any atom is -0.482 e. The number of morpholine rings is 1. The molecule has 7 unspecified atom stereocenters. The van der Waals surface area contributed by atoms with E-state index in [1.807, 2.05) is 66.7 Å². The molecular weight excluding hydrogens is 863 g/mol. The Hall–Kier alpha value is -3.93. The number of methoxy groups -OCH3 is 1. The lowest BCUT2D eigenvalue weighted by atomic mass is 9.43. The van der Waals surface area contributed by atoms with Gasteiger partial charge < -0.3 is 53.2 Å². The lowest BCUT2D eigenvalue weighted by molar-refractivity contribution is -0.373. The van der Waals surface area contributed by atoms with E-state index in [9.17, 15) is 20.1 Å². The molecule has 1 spiro atoms. The SMILES string of the molecule is COC(=O)/C(C)=C\CC1(O)C(=O)C2CC(C(C)C)C13Oc1c(CC=C(C)C)c4c(c(O[C@H]5O[C@H]6COC(C)(C)O[C@@H]6[C@@H](O)[C@@H]5O)c1C(=O)C3C2N1CCOCC1)C=CC(C)(CCC=C(C)C)O4. The number of allylic oxidation sites excluding steroid dienone is 4. The summed E-state index contributed by atoms with van der Waals surface area (Å²) in [6.07, 6.45) is 4.72. The van der Waals surface area contributed by atoms with Crippen molar-refractivity contribution >= 4 is 23.6 Å². The van der Waals surface area contributed by atoms with Gasteiger partial charge in [-0.05, 0) is 99.1 Å². The molecule has 6 fully saturated rings. The summed E-state index contributed by atoms with van der Waals surface area (Å²) in [5, 5.41) is 37.0. The van der Waals surface area contributed by atoms with Crippen molar-refractivity contribution in [2.75, 3.05) is 40.0 Å². The molecule has 15 nitrogen and oxygen atoms in total. The molecule has 1 aromatic carbocycles. The number of ketones is 2. The smallest absolute Gasteiger partial charge is 0.333 e. The molecule has 5 aliphatic heterocycles. The van der Waals surface area contributed by atoms with Crippen LogP contribution in [0.2, 0.25) is 0 Å². The van der Waals surface area contributed by atoms with Crippen molar-refractivity contribution in [3.8, 4) is 17.2 Å². The van der Waals surface area contributed by atoms with Gasteiger partial charge in [0.05, 0.1) is 38.4 Å². The maximum absolute atomic E-state index is 16.6. The van der Waals surface area contributed by atoms with Crippen LogP contribution < -0.4 is 14.2 Å². The van der Waals surface area contributed by atoms with Gasteiger partial charge in [-0.25, -0.2) is 4.79 Å². The Balaban J connectivity index is 1.39. The number of fused-ring (bicyclic) bond motifs is 5. The number of esters is 1. The largest absolute Gasteiger partial charge is 0.482 e. The third-order valence-electron chi connectivity index (χ3n) is 15.2. The van der Waals surface area contributed by atoms with Gasteiger partial charge in [-0.3, -0.25) is 14.5 Å². The molecule has 0 radical (unpaired) electrons. The summed E-state index contributed by atoms with van der Waals surface area (Å²) in [4.78, 5) is 46.8. The Labute approximate surface area is 394 Å². The number of carbonyl (C=O) groups is 3. The Bertz CT molecular complexity index is 2250. The van der Waals surface area contributed by atoms with Crippen LogP contribution in [0.3, 0.4) is 0 Å². The number of hydrogen-bond acceptors (Lipinski definition) is 15. The zero-order valence-electron chi connectivity index (χ0n) is 41.0. The molecule has 368 valence electrons. The van der Waals surface area contributed by atoms with E-state index in [0.717, 1.165) is 5.57 Å². The van der Waals surface area contributed by atoms with Crippen molar-refractivity contribution in [1.82, 2.24) is 4.90 Å². The molecule has 0 amide bonds. The molecule has 12 atom stereocenters. The summed E-state index contributed by atoms with van der Waals surface area (Å²) in [5.74, 6) is -4.66. The van der Waals surface area contributed by atoms with Crippen LogP contribution in [0, 0.1) is 23.7 Å². The van der Waals surface area contributed by atoms with Crippen molar-refractivity contribution < 1.29 is 67.6 Å². The van der Waals surface area contributed by atoms with Gasteiger partial charge in [0.1, 0.15) is 52.8 Å². The molecular formula is C52H71NO14. The topological polar surface area (TPSA) is 189 Å². The number of hydrogen-bond donors (Lipinski definition) is 3. The van der Waals surface area contributed by atoms with E-state index in [1.165, 1.54) is 18.8 Å². The highest BCUT2D eigenvalue weighted by molar-refractivity contribution is 6.10. The maximum Gasteiger partial charge on any atom is 0.333 e. The molecule has 1 aromatic rings. The van der Waals surface area contributed by atoms with Gasteiger partial charge >= 0.3 is 5.97 Å². The zero-order valence-corrected chi connectivity index (χ0v) is 41.0. The van der Waals surface area contributed by atoms with E-state index < -0.39 is 94.6 Å². The summed E-state index contributed by atoms with van der Waals surface area (Å²) >= 11 is 0. The van der Waals surface area contributed by atoms with Crippen LogP contribution >= 0.6 is 0 Å². The summed E-state index contributed by atoms with van der Waals surface area (Å²) in [6, 6.07) is -0.702. The number of ether oxygens (including phenoxy) is 8. The third kappa shape index (κ3) is 8.53. The molecule has 15 heteroatoms. The van der Waals surface area contributed by atoms with E-state index in [0.29, 0.717) is 62.4 Å². The van der Waals surface area contributed by atoms with Gasteiger partial charge in [-0.15, -0.1) is 0 Å². The second kappa shape index (κ2) is 18.4. The van der Waals surface area contributed by atoms with E-state index in [2.05, 4.69) is 11.0 Å². The zero-order chi connectivity index (χ0) is 48.5. The van der Waals surface area contributed by atoms with Crippen LogP contribution in [0.25, 0.3) is 6.08 Å². The molecule has 3 N–H and O–H groups in total. The van der Waals surface area contributed by atoms with Gasteiger partial charge in [0.15, 0.2) is 28.6 Å². The number of rotatable bonds is 12. The van der Waals surface area contributed by atoms with Crippen molar-refractivity contribution in [1.29, 1.82) is 0 Å². The summed E-state index contributed by atoms with van der Waals surface area (Å²) in [7, 11) is 1.27. The minimum atomic E-state index is -2.29. The molecule has 67 heavy (non-hydrogen) atoms. The number of aliphatic hydroxyl groups excluding tert-OH is 2. The minimum absolute atomic E-state index is 0.0145. The van der Waals surface area contributed by atoms with Crippen LogP contribution in [0.1, 0.15) is 116 Å². The first-order chi connectivity index (χ1) is 31.6. The van der Waals surface area contributed by atoms with E-state index >= 15 is 9.59 Å². The summed E-state index contributed by atoms with van der Waals surface area (Å²) < 4.78 is 50.8. The molecule has 0 aromatic heterocycles. The quantitative estimate of drug-likeness (QED) is 0.129. The van der Waals surface area contributed by atoms with Gasteiger partial charge in [-0.1, -0.05) is 43.2 Å². The van der Waals surface area contributed by atoms with Gasteiger partial charge in [-0.2, -0.15) is 0 Å². The fourth-order valence-electron chi connectivity index (χ4n) is 11.8. The molecule has 3 saturated carbocycles. The molecule has 3 aliphatic carbocycles. The number of nitrogens with zero attached hydrogens (tertiary/aromatic N) is 1. The van der Waals surface area contributed by atoms with Crippen molar-refractivity contribution in [3.05, 3.63) is 57.7 Å². The van der Waals surface area contributed by atoms with Gasteiger partial charge in [0, 0.05) is 48.5 Å². The fraction of sp³-hybridized carbons (Fsp3) is 0.673. The summed E-state index contributed by atoms with van der Waals surface area (Å²) in [6.45, 7) is 20.7. The lowest BCUT2D eigenvalue weighted by Gasteiger charge is -2.68. The number of Topliss-reactive ketones (excluding diaryl/α,β-unsaturated/α-hetero) is 2. The molecule has 5 heterocycles. The van der Waals surface area contributed by atoms with Crippen LogP contribution in [0.4, 0.5) is 0 Å². The highest BCUT2D eigenvalue weighted by atomic mass is 16.8. The van der Waals surface area contributed by atoms with Crippen molar-refractivity contribution in [2.24, 2.45) is 23.7 Å². The fourth-order valence-corrected chi connectivity index (χ4v) is 11.8. The summed E-state index contributed by atoms with van der Waals surface area (Å²) in [5.41, 5.74) is -1.64. The Kier molecular flexibility index (Phi) is 13.6. The average molecular weight is 934 g/mol. The normalized spacial score (nSPS) is 36.5. The Morgan fingerprint density at radius 2 is 1.67 bits per heavy atom. The number of benzene rings is 1. The monoisotopic (exact) mass is 933 g/mol. The van der Waals surface area contributed by atoms with Crippen LogP contribution in [0.15, 0.2) is 41.0 Å². The standard InChI is InChI=1S/C52H71NO14/c1-27(2)13-12-18-50(10)19-17-32-42(66-50)31(15-14-28(3)4)44-36(43(32)64-48-41(56)40(55)45-35(63-48)26-62-49(8,9)65-45)39(54)37-38(53-21-23-61-24-22-53)33-25-34(29(5)6)52(37,67-44)51(59,46(33)57)20-16-30(7)47(58)60-11/h13-14,16-17,19,29,33-35,37-38,40-41,45,48,55-56,59H,12,15,18,20-26H2,1-11H3/b30-16-/t33?,34?,35-,37?,38?,40-,41-,45-,48+,50?,51?,52?/m0/s1. The molecule has 2 bridgehead atoms. The van der Waals surface area contributed by atoms with E-state index in [4.69, 9.17) is 37.9 Å². The van der Waals surface area contributed by atoms with Crippen LogP contribution in [0.5, 0.6) is 17.2 Å². The van der Waals surface area contributed by atoms with Crippen LogP contribution in [-0.2, 0) is 39.7 Å². The predicted octanol–water partition coefficient (Wildman–Crippen LogP) is 5.83. The van der Waals surface area contributed by atoms with Crippen molar-refractivity contribution in [3.63, 3.8) is 0 Å². The highest BCUT2D eigenvalue weighted by Gasteiger charge is 2.79. The Morgan fingerprint density at radius 1 is 0.970 bits per heavy atom. The molecule has 3 saturated heterocycles. The number of aliphatic hydroxyl groups is 3. The maximum atomic E-state index is 16.6. The van der Waals surface area contributed by atoms with Crippen LogP contribution in [-0.4, -0.2) is 137 Å². The highest BCUT2D eigenvalue weighted by Crippen LogP contribution is 2.66. The second-order valence-corrected chi connectivity index (χ2v) is 21.1. The molecule has 9 rings (SSSR count). The lowest BCUT2D eigenvalue weighted by Crippen LogP contribution is -2.84. The van der Waals surface area contributed by atoms with Gasteiger partial charge in [0.2, 0.25) is 6.29 Å². The van der Waals surface area contributed by atoms with E-state index in [-0.39, 0.29) is 48.0 Å². The van der Waals surface area contributed by atoms with E-state index in [1.54, 1.807) is 20.8 Å². The second-order valence-electron chi connectivity index (χ2n) is 21.1. The molecule has 8 aliphatic rings. The predicted molar refractivity (Wildman–Crippen MR) is 247 cm³/mol. The van der Waals surface area contributed by atoms with Crippen molar-refractivity contribution in [2.45, 2.75) is 161 Å². The number of carbonyl (C=O) groups excluding carboxylic acids is 3.